The maximum atomic E-state index is 12.3. The fourth-order valence-corrected chi connectivity index (χ4v) is 2.22. The predicted octanol–water partition coefficient (Wildman–Crippen LogP) is 0.389. The number of aliphatic carboxylic acids is 1. The van der Waals surface area contributed by atoms with Crippen LogP contribution < -0.4 is 0 Å². The Balaban J connectivity index is 2.15. The average Bonchev–Trinajstić information content (AvgIpc) is 3.05. The summed E-state index contributed by atoms with van der Waals surface area (Å²) in [5, 5.41) is 9.09. The average molecular weight is 280 g/mol. The van der Waals surface area contributed by atoms with Gasteiger partial charge >= 0.3 is 5.97 Å². The van der Waals surface area contributed by atoms with Crippen molar-refractivity contribution in [3.8, 4) is 0 Å². The molecule has 2 heterocycles. The standard InChI is InChI=1S/C13H16N2O5/c1-7(16)8-3-10(14-4-8)12(17)15(2)11-6-20-5-9(11)13(18)19/h3-4,9,11,14H,5-6H2,1-2H3,(H,18,19). The highest BCUT2D eigenvalue weighted by Crippen LogP contribution is 2.20. The number of nitrogens with one attached hydrogen (secondary N) is 1. The first-order chi connectivity index (χ1) is 9.41. The van der Waals surface area contributed by atoms with Gasteiger partial charge in [-0.05, 0) is 13.0 Å². The number of hydrogen-bond acceptors (Lipinski definition) is 4. The van der Waals surface area contributed by atoms with Crippen LogP contribution >= 0.6 is 0 Å². The SMILES string of the molecule is CC(=O)c1c[nH]c(C(=O)N(C)C2COCC2C(=O)O)c1. The second-order valence-electron chi connectivity index (χ2n) is 4.82. The van der Waals surface area contributed by atoms with E-state index >= 15 is 0 Å². The number of rotatable bonds is 4. The number of Topliss-reactive ketones (excluding diaryl/α,β-unsaturated/α-hetero) is 1. The van der Waals surface area contributed by atoms with Gasteiger partial charge < -0.3 is 19.7 Å². The van der Waals surface area contributed by atoms with Crippen LogP contribution in [0.1, 0.15) is 27.8 Å². The van der Waals surface area contributed by atoms with Crippen molar-refractivity contribution in [2.75, 3.05) is 20.3 Å². The molecule has 0 aromatic carbocycles. The van der Waals surface area contributed by atoms with Crippen LogP contribution in [0.5, 0.6) is 0 Å². The zero-order valence-corrected chi connectivity index (χ0v) is 11.3. The van der Waals surface area contributed by atoms with E-state index in [0.29, 0.717) is 5.56 Å². The highest BCUT2D eigenvalue weighted by Gasteiger charge is 2.38. The van der Waals surface area contributed by atoms with E-state index < -0.39 is 17.9 Å². The molecule has 0 bridgehead atoms. The van der Waals surface area contributed by atoms with Crippen molar-refractivity contribution in [2.24, 2.45) is 5.92 Å². The van der Waals surface area contributed by atoms with Crippen LogP contribution in [0.2, 0.25) is 0 Å². The van der Waals surface area contributed by atoms with E-state index in [0.717, 1.165) is 0 Å². The zero-order valence-electron chi connectivity index (χ0n) is 11.3. The summed E-state index contributed by atoms with van der Waals surface area (Å²) in [5.41, 5.74) is 0.674. The Bertz CT molecular complexity index is 551. The first-order valence-electron chi connectivity index (χ1n) is 6.19. The second kappa shape index (κ2) is 5.46. The van der Waals surface area contributed by atoms with E-state index in [1.165, 1.54) is 31.1 Å². The number of carbonyl (C=O) groups excluding carboxylic acids is 2. The number of carbonyl (C=O) groups is 3. The van der Waals surface area contributed by atoms with Crippen LogP contribution in [0.3, 0.4) is 0 Å². The molecule has 0 saturated carbocycles. The zero-order chi connectivity index (χ0) is 14.9. The van der Waals surface area contributed by atoms with Gasteiger partial charge in [0, 0.05) is 18.8 Å². The lowest BCUT2D eigenvalue weighted by Crippen LogP contribution is -2.44. The second-order valence-corrected chi connectivity index (χ2v) is 4.82. The van der Waals surface area contributed by atoms with Gasteiger partial charge in [0.15, 0.2) is 5.78 Å². The van der Waals surface area contributed by atoms with Crippen LogP contribution in [-0.4, -0.2) is 59.0 Å². The first kappa shape index (κ1) is 14.3. The van der Waals surface area contributed by atoms with E-state index in [1.54, 1.807) is 0 Å². The number of carboxylic acids is 1. The Labute approximate surface area is 115 Å². The summed E-state index contributed by atoms with van der Waals surface area (Å²) in [7, 11) is 1.53. The molecule has 1 aliphatic rings. The summed E-state index contributed by atoms with van der Waals surface area (Å²) in [6.07, 6.45) is 1.46. The lowest BCUT2D eigenvalue weighted by atomic mass is 10.0. The topological polar surface area (TPSA) is 99.7 Å². The number of likely N-dealkylation sites (N-methyl/N-ethyl adjacent to an activating group) is 1. The Kier molecular flexibility index (Phi) is 3.89. The van der Waals surface area contributed by atoms with Crippen LogP contribution in [0, 0.1) is 5.92 Å². The van der Waals surface area contributed by atoms with Crippen molar-refractivity contribution in [1.82, 2.24) is 9.88 Å². The third kappa shape index (κ3) is 2.57. The van der Waals surface area contributed by atoms with Crippen molar-refractivity contribution in [3.05, 3.63) is 23.5 Å². The fraction of sp³-hybridized carbons (Fsp3) is 0.462. The predicted molar refractivity (Wildman–Crippen MR) is 68.6 cm³/mol. The van der Waals surface area contributed by atoms with Gasteiger partial charge in [0.25, 0.3) is 5.91 Å². The Morgan fingerprint density at radius 2 is 2.10 bits per heavy atom. The minimum Gasteiger partial charge on any atom is -0.481 e. The Hall–Kier alpha value is -2.15. The molecule has 1 aromatic heterocycles. The third-order valence-corrected chi connectivity index (χ3v) is 3.51. The molecule has 7 heteroatoms. The largest absolute Gasteiger partial charge is 0.481 e. The highest BCUT2D eigenvalue weighted by atomic mass is 16.5. The Morgan fingerprint density at radius 3 is 2.65 bits per heavy atom. The van der Waals surface area contributed by atoms with E-state index in [9.17, 15) is 14.4 Å². The lowest BCUT2D eigenvalue weighted by molar-refractivity contribution is -0.142. The van der Waals surface area contributed by atoms with Gasteiger partial charge in [-0.1, -0.05) is 0 Å². The van der Waals surface area contributed by atoms with E-state index in [1.807, 2.05) is 0 Å². The summed E-state index contributed by atoms with van der Waals surface area (Å²) < 4.78 is 5.14. The summed E-state index contributed by atoms with van der Waals surface area (Å²) in [6.45, 7) is 1.70. The molecule has 108 valence electrons. The van der Waals surface area contributed by atoms with Gasteiger partial charge in [0.2, 0.25) is 0 Å². The molecule has 1 saturated heterocycles. The third-order valence-electron chi connectivity index (χ3n) is 3.51. The van der Waals surface area contributed by atoms with Crippen molar-refractivity contribution in [1.29, 1.82) is 0 Å². The van der Waals surface area contributed by atoms with E-state index in [4.69, 9.17) is 9.84 Å². The van der Waals surface area contributed by atoms with Crippen molar-refractivity contribution in [2.45, 2.75) is 13.0 Å². The van der Waals surface area contributed by atoms with Crippen molar-refractivity contribution < 1.29 is 24.2 Å². The van der Waals surface area contributed by atoms with Crippen molar-refractivity contribution >= 4 is 17.7 Å². The number of amides is 1. The number of aromatic nitrogens is 1. The maximum Gasteiger partial charge on any atom is 0.311 e. The monoisotopic (exact) mass is 280 g/mol. The normalized spacial score (nSPS) is 21.7. The van der Waals surface area contributed by atoms with Crippen molar-refractivity contribution in [3.63, 3.8) is 0 Å². The van der Waals surface area contributed by atoms with E-state index in [2.05, 4.69) is 4.98 Å². The summed E-state index contributed by atoms with van der Waals surface area (Å²) in [6, 6.07) is 0.955. The molecule has 0 radical (unpaired) electrons. The molecule has 0 spiro atoms. The molecular formula is C13H16N2O5. The molecule has 1 aliphatic heterocycles. The minimum atomic E-state index is -0.983. The molecule has 20 heavy (non-hydrogen) atoms. The number of H-pyrrole nitrogens is 1. The van der Waals surface area contributed by atoms with Gasteiger partial charge in [0.05, 0.1) is 19.3 Å². The molecule has 1 aromatic rings. The van der Waals surface area contributed by atoms with Gasteiger partial charge in [-0.3, -0.25) is 14.4 Å². The maximum absolute atomic E-state index is 12.3. The van der Waals surface area contributed by atoms with Gasteiger partial charge in [-0.25, -0.2) is 0 Å². The van der Waals surface area contributed by atoms with E-state index in [-0.39, 0.29) is 30.6 Å². The Morgan fingerprint density at radius 1 is 1.40 bits per heavy atom. The minimum absolute atomic E-state index is 0.0983. The molecule has 2 atom stereocenters. The fourth-order valence-electron chi connectivity index (χ4n) is 2.22. The summed E-state index contributed by atoms with van der Waals surface area (Å²) >= 11 is 0. The number of aromatic amines is 1. The quantitative estimate of drug-likeness (QED) is 0.777. The molecule has 1 amide bonds. The molecule has 1 fully saturated rings. The van der Waals surface area contributed by atoms with Crippen LogP contribution in [0.25, 0.3) is 0 Å². The molecule has 2 unspecified atom stereocenters. The molecule has 7 nitrogen and oxygen atoms in total. The first-order valence-corrected chi connectivity index (χ1v) is 6.19. The molecular weight excluding hydrogens is 264 g/mol. The van der Waals surface area contributed by atoms with Gasteiger partial charge in [-0.15, -0.1) is 0 Å². The number of ketones is 1. The van der Waals surface area contributed by atoms with Crippen LogP contribution in [0.15, 0.2) is 12.3 Å². The van der Waals surface area contributed by atoms with Crippen LogP contribution in [-0.2, 0) is 9.53 Å². The number of nitrogens with zero attached hydrogens (tertiary/aromatic N) is 1. The molecule has 2 N–H and O–H groups in total. The summed E-state index contributed by atoms with van der Waals surface area (Å²) in [4.78, 5) is 38.7. The molecule has 2 rings (SSSR count). The van der Waals surface area contributed by atoms with Gasteiger partial charge in [0.1, 0.15) is 11.6 Å². The lowest BCUT2D eigenvalue weighted by Gasteiger charge is -2.25. The number of hydrogen-bond donors (Lipinski definition) is 2. The number of ether oxygens (including phenoxy) is 1. The smallest absolute Gasteiger partial charge is 0.311 e. The number of carboxylic acid groups (broad SMARTS) is 1. The highest BCUT2D eigenvalue weighted by molar-refractivity contribution is 5.99. The van der Waals surface area contributed by atoms with Gasteiger partial charge in [-0.2, -0.15) is 0 Å². The van der Waals surface area contributed by atoms with Crippen LogP contribution in [0.4, 0.5) is 0 Å². The summed E-state index contributed by atoms with van der Waals surface area (Å²) in [5.74, 6) is -2.22. The molecule has 0 aliphatic carbocycles.